The van der Waals surface area contributed by atoms with E-state index in [1.165, 1.54) is 6.92 Å². The maximum Gasteiger partial charge on any atom is 0.259 e. The normalized spacial score (nSPS) is 19.4. The number of nitrogens with one attached hydrogen (secondary N) is 1. The van der Waals surface area contributed by atoms with Gasteiger partial charge in [0.1, 0.15) is 11.3 Å². The van der Waals surface area contributed by atoms with E-state index in [9.17, 15) is 14.7 Å². The smallest absolute Gasteiger partial charge is 0.259 e. The minimum atomic E-state index is -0.496. The number of amides is 1. The standard InChI is InChI=1S/C13H13NO3/c1-8(15)11-12(16)10(14-13(11)17)7-9-5-3-2-4-6-9/h2-6,10,16H,7H2,1H3,(H,14,17)/t10-/m1/s1. The van der Waals surface area contributed by atoms with Crippen molar-refractivity contribution in [3.8, 4) is 0 Å². The quantitative estimate of drug-likeness (QED) is 0.766. The van der Waals surface area contributed by atoms with Crippen molar-refractivity contribution in [2.75, 3.05) is 0 Å². The second kappa shape index (κ2) is 4.41. The molecule has 4 nitrogen and oxygen atoms in total. The van der Waals surface area contributed by atoms with Crippen LogP contribution in [0.25, 0.3) is 0 Å². The highest BCUT2D eigenvalue weighted by molar-refractivity contribution is 6.20. The number of ketones is 1. The fraction of sp³-hybridized carbons (Fsp3) is 0.231. The minimum absolute atomic E-state index is 0.120. The van der Waals surface area contributed by atoms with Gasteiger partial charge in [0.2, 0.25) is 0 Å². The van der Waals surface area contributed by atoms with Gasteiger partial charge >= 0.3 is 0 Å². The first-order valence-electron chi connectivity index (χ1n) is 5.38. The molecule has 1 atom stereocenters. The Labute approximate surface area is 99.0 Å². The first kappa shape index (κ1) is 11.4. The molecule has 1 amide bonds. The largest absolute Gasteiger partial charge is 0.509 e. The summed E-state index contributed by atoms with van der Waals surface area (Å²) in [5.41, 5.74) is 0.875. The number of benzene rings is 1. The highest BCUT2D eigenvalue weighted by atomic mass is 16.3. The summed E-state index contributed by atoms with van der Waals surface area (Å²) in [6, 6.07) is 8.99. The van der Waals surface area contributed by atoms with Gasteiger partial charge in [-0.1, -0.05) is 30.3 Å². The van der Waals surface area contributed by atoms with Crippen LogP contribution in [0, 0.1) is 0 Å². The van der Waals surface area contributed by atoms with Crippen LogP contribution in [0.1, 0.15) is 12.5 Å². The number of carbonyl (C=O) groups is 2. The maximum absolute atomic E-state index is 11.5. The third-order valence-electron chi connectivity index (χ3n) is 2.75. The molecular weight excluding hydrogens is 218 g/mol. The lowest BCUT2D eigenvalue weighted by atomic mass is 10.0. The molecule has 17 heavy (non-hydrogen) atoms. The third kappa shape index (κ3) is 2.20. The second-order valence-electron chi connectivity index (χ2n) is 4.03. The number of Topliss-reactive ketones (excluding diaryl/α,β-unsaturated/α-hetero) is 1. The Hall–Kier alpha value is -2.10. The molecule has 0 aliphatic carbocycles. The molecule has 0 radical (unpaired) electrons. The molecule has 1 aromatic rings. The Kier molecular flexibility index (Phi) is 2.95. The SMILES string of the molecule is CC(=O)C1=C(O)[C@@H](Cc2ccccc2)NC1=O. The monoisotopic (exact) mass is 231 g/mol. The summed E-state index contributed by atoms with van der Waals surface area (Å²) in [6.45, 7) is 1.27. The Balaban J connectivity index is 2.20. The van der Waals surface area contributed by atoms with Gasteiger partial charge in [-0.25, -0.2) is 0 Å². The number of aliphatic hydroxyl groups is 1. The lowest BCUT2D eigenvalue weighted by molar-refractivity contribution is -0.121. The average molecular weight is 231 g/mol. The van der Waals surface area contributed by atoms with Gasteiger partial charge in [-0.15, -0.1) is 0 Å². The van der Waals surface area contributed by atoms with Crippen molar-refractivity contribution in [1.82, 2.24) is 5.32 Å². The third-order valence-corrected chi connectivity index (χ3v) is 2.75. The minimum Gasteiger partial charge on any atom is -0.509 e. The van der Waals surface area contributed by atoms with Crippen LogP contribution >= 0.6 is 0 Å². The molecule has 0 saturated carbocycles. The molecule has 1 aliphatic heterocycles. The van der Waals surface area contributed by atoms with Crippen LogP contribution in [-0.2, 0) is 16.0 Å². The number of hydrogen-bond donors (Lipinski definition) is 2. The highest BCUT2D eigenvalue weighted by Gasteiger charge is 2.33. The predicted molar refractivity (Wildman–Crippen MR) is 62.4 cm³/mol. The Morgan fingerprint density at radius 1 is 1.35 bits per heavy atom. The molecule has 1 heterocycles. The molecule has 2 rings (SSSR count). The van der Waals surface area contributed by atoms with Gasteiger partial charge in [0.15, 0.2) is 5.78 Å². The first-order chi connectivity index (χ1) is 8.09. The van der Waals surface area contributed by atoms with Crippen molar-refractivity contribution in [1.29, 1.82) is 0 Å². The van der Waals surface area contributed by atoms with E-state index in [-0.39, 0.29) is 11.3 Å². The van der Waals surface area contributed by atoms with E-state index in [2.05, 4.69) is 5.32 Å². The molecule has 0 unspecified atom stereocenters. The van der Waals surface area contributed by atoms with Crippen molar-refractivity contribution in [3.05, 3.63) is 47.2 Å². The summed E-state index contributed by atoms with van der Waals surface area (Å²) in [5.74, 6) is -1.04. The lowest BCUT2D eigenvalue weighted by Gasteiger charge is -2.10. The molecule has 0 fully saturated rings. The molecule has 0 aromatic heterocycles. The van der Waals surface area contributed by atoms with Gasteiger partial charge < -0.3 is 10.4 Å². The average Bonchev–Trinajstić information content (AvgIpc) is 2.55. The first-order valence-corrected chi connectivity index (χ1v) is 5.38. The Bertz CT molecular complexity index is 491. The molecular formula is C13H13NO3. The van der Waals surface area contributed by atoms with E-state index in [4.69, 9.17) is 0 Å². The lowest BCUT2D eigenvalue weighted by Crippen LogP contribution is -2.31. The summed E-state index contributed by atoms with van der Waals surface area (Å²) >= 11 is 0. The molecule has 0 spiro atoms. The molecule has 1 aromatic carbocycles. The van der Waals surface area contributed by atoms with E-state index in [0.717, 1.165) is 5.56 Å². The van der Waals surface area contributed by atoms with E-state index < -0.39 is 17.7 Å². The fourth-order valence-electron chi connectivity index (χ4n) is 1.93. The van der Waals surface area contributed by atoms with E-state index in [1.807, 2.05) is 30.3 Å². The molecule has 1 aliphatic rings. The summed E-state index contributed by atoms with van der Waals surface area (Å²) in [4.78, 5) is 22.7. The van der Waals surface area contributed by atoms with E-state index in [1.54, 1.807) is 0 Å². The second-order valence-corrected chi connectivity index (χ2v) is 4.03. The maximum atomic E-state index is 11.5. The van der Waals surface area contributed by atoms with Crippen LogP contribution in [0.5, 0.6) is 0 Å². The van der Waals surface area contributed by atoms with Crippen LogP contribution in [0.4, 0.5) is 0 Å². The summed E-state index contributed by atoms with van der Waals surface area (Å²) in [5, 5.41) is 12.4. The summed E-state index contributed by atoms with van der Waals surface area (Å²) in [7, 11) is 0. The zero-order valence-electron chi connectivity index (χ0n) is 9.43. The van der Waals surface area contributed by atoms with Crippen molar-refractivity contribution in [3.63, 3.8) is 0 Å². The van der Waals surface area contributed by atoms with Gasteiger partial charge in [-0.3, -0.25) is 9.59 Å². The van der Waals surface area contributed by atoms with Crippen LogP contribution in [0.3, 0.4) is 0 Å². The molecule has 0 saturated heterocycles. The number of carbonyl (C=O) groups excluding carboxylic acids is 2. The zero-order chi connectivity index (χ0) is 12.4. The van der Waals surface area contributed by atoms with Crippen LogP contribution < -0.4 is 5.32 Å². The zero-order valence-corrected chi connectivity index (χ0v) is 9.43. The Morgan fingerprint density at radius 2 is 2.00 bits per heavy atom. The van der Waals surface area contributed by atoms with Crippen molar-refractivity contribution >= 4 is 11.7 Å². The fourth-order valence-corrected chi connectivity index (χ4v) is 1.93. The number of hydrogen-bond acceptors (Lipinski definition) is 3. The molecule has 4 heteroatoms. The molecule has 2 N–H and O–H groups in total. The van der Waals surface area contributed by atoms with Gasteiger partial charge in [-0.05, 0) is 18.9 Å². The van der Waals surface area contributed by atoms with Crippen LogP contribution in [0.15, 0.2) is 41.7 Å². The van der Waals surface area contributed by atoms with Gasteiger partial charge in [0.05, 0.1) is 6.04 Å². The van der Waals surface area contributed by atoms with E-state index in [0.29, 0.717) is 6.42 Å². The topological polar surface area (TPSA) is 66.4 Å². The van der Waals surface area contributed by atoms with Gasteiger partial charge in [-0.2, -0.15) is 0 Å². The van der Waals surface area contributed by atoms with Crippen molar-refractivity contribution in [2.24, 2.45) is 0 Å². The van der Waals surface area contributed by atoms with Crippen molar-refractivity contribution in [2.45, 2.75) is 19.4 Å². The van der Waals surface area contributed by atoms with Crippen LogP contribution in [-0.4, -0.2) is 22.8 Å². The van der Waals surface area contributed by atoms with Gasteiger partial charge in [0, 0.05) is 0 Å². The Morgan fingerprint density at radius 3 is 2.53 bits per heavy atom. The summed E-state index contributed by atoms with van der Waals surface area (Å²) in [6.07, 6.45) is 0.481. The number of rotatable bonds is 3. The molecule has 88 valence electrons. The van der Waals surface area contributed by atoms with Gasteiger partial charge in [0.25, 0.3) is 5.91 Å². The van der Waals surface area contributed by atoms with E-state index >= 15 is 0 Å². The predicted octanol–water partition coefficient (Wildman–Crippen LogP) is 1.13. The molecule has 0 bridgehead atoms. The highest BCUT2D eigenvalue weighted by Crippen LogP contribution is 2.19. The van der Waals surface area contributed by atoms with Crippen molar-refractivity contribution < 1.29 is 14.7 Å². The number of aliphatic hydroxyl groups excluding tert-OH is 1. The van der Waals surface area contributed by atoms with Crippen LogP contribution in [0.2, 0.25) is 0 Å². The summed E-state index contributed by atoms with van der Waals surface area (Å²) < 4.78 is 0.